The molecular weight excluding hydrogens is 817 g/mol. The van der Waals surface area contributed by atoms with Crippen LogP contribution in [0.2, 0.25) is 0 Å². The first-order valence-electron chi connectivity index (χ1n) is 25.0. The lowest BCUT2D eigenvalue weighted by Gasteiger charge is -2.57. The van der Waals surface area contributed by atoms with Crippen LogP contribution in [0, 0.1) is 17.8 Å². The summed E-state index contributed by atoms with van der Waals surface area (Å²) < 4.78 is 6.82. The molecule has 2 aliphatic heterocycles. The van der Waals surface area contributed by atoms with Gasteiger partial charge in [-0.25, -0.2) is 15.0 Å². The number of benzene rings is 7. The van der Waals surface area contributed by atoms with Crippen molar-refractivity contribution in [1.29, 1.82) is 0 Å². The van der Waals surface area contributed by atoms with Crippen LogP contribution in [0.25, 0.3) is 88.8 Å². The van der Waals surface area contributed by atoms with Crippen LogP contribution in [0.5, 0.6) is 0 Å². The van der Waals surface area contributed by atoms with Gasteiger partial charge >= 0.3 is 0 Å². The molecule has 1 N–H and O–H groups in total. The molecule has 2 atom stereocenters. The van der Waals surface area contributed by atoms with Crippen LogP contribution in [0.3, 0.4) is 0 Å². The third-order valence-electron chi connectivity index (χ3n) is 16.9. The summed E-state index contributed by atoms with van der Waals surface area (Å²) in [4.78, 5) is 15.7. The molecule has 5 aliphatic carbocycles. The van der Waals surface area contributed by atoms with Crippen molar-refractivity contribution in [2.75, 3.05) is 0 Å². The molecule has 5 saturated carbocycles. The lowest BCUT2D eigenvalue weighted by atomic mass is 9.48. The molecule has 328 valence electrons. The summed E-state index contributed by atoms with van der Waals surface area (Å²) >= 11 is 0. The van der Waals surface area contributed by atoms with Gasteiger partial charge in [-0.1, -0.05) is 158 Å². The predicted molar refractivity (Wildman–Crippen MR) is 273 cm³/mol. The van der Waals surface area contributed by atoms with E-state index in [9.17, 15) is 0 Å². The highest BCUT2D eigenvalue weighted by Gasteiger charge is 2.51. The highest BCUT2D eigenvalue weighted by molar-refractivity contribution is 6.18. The second kappa shape index (κ2) is 15.4. The summed E-state index contributed by atoms with van der Waals surface area (Å²) in [6.45, 7) is 0. The minimum Gasteiger partial charge on any atom is -0.456 e. The predicted octanol–water partition coefficient (Wildman–Crippen LogP) is 15.5. The van der Waals surface area contributed by atoms with Gasteiger partial charge in [-0.2, -0.15) is 0 Å². The van der Waals surface area contributed by atoms with Gasteiger partial charge in [-0.3, -0.25) is 0 Å². The molecule has 16 rings (SSSR count). The molecule has 7 fully saturated rings. The van der Waals surface area contributed by atoms with Crippen molar-refractivity contribution >= 4 is 43.5 Å². The molecule has 7 aromatic carbocycles. The van der Waals surface area contributed by atoms with Crippen LogP contribution in [0.15, 0.2) is 168 Å². The molecule has 67 heavy (non-hydrogen) atoms. The van der Waals surface area contributed by atoms with E-state index in [1.807, 2.05) is 6.07 Å². The Morgan fingerprint density at radius 3 is 1.45 bits per heavy atom. The molecule has 5 nitrogen and oxygen atoms in total. The number of aromatic nitrogens is 3. The van der Waals surface area contributed by atoms with Crippen LogP contribution in [0.1, 0.15) is 81.8 Å². The highest BCUT2D eigenvalue weighted by Crippen LogP contribution is 2.61. The fourth-order valence-electron chi connectivity index (χ4n) is 14.1. The summed E-state index contributed by atoms with van der Waals surface area (Å²) in [6.07, 6.45) is 14.8. The first-order valence-corrected chi connectivity index (χ1v) is 25.0. The molecule has 0 amide bonds. The number of nitrogens with zero attached hydrogens (tertiary/aromatic N) is 3. The molecule has 2 aromatic heterocycles. The molecule has 1 unspecified atom stereocenters. The second-order valence-corrected chi connectivity index (χ2v) is 21.0. The number of para-hydroxylation sites is 1. The maximum absolute atomic E-state index is 6.82. The van der Waals surface area contributed by atoms with Gasteiger partial charge in [0, 0.05) is 39.0 Å². The Balaban J connectivity index is 0.853. The quantitative estimate of drug-likeness (QED) is 0.180. The first kappa shape index (κ1) is 39.5. The Morgan fingerprint density at radius 2 is 0.866 bits per heavy atom. The average molecular weight is 871 g/mol. The summed E-state index contributed by atoms with van der Waals surface area (Å²) in [5.74, 6) is 4.84. The zero-order chi connectivity index (χ0) is 44.1. The van der Waals surface area contributed by atoms with Crippen LogP contribution in [0.4, 0.5) is 0 Å². The summed E-state index contributed by atoms with van der Waals surface area (Å²) in [7, 11) is 0. The third-order valence-corrected chi connectivity index (χ3v) is 16.9. The maximum atomic E-state index is 6.82. The van der Waals surface area contributed by atoms with Crippen LogP contribution >= 0.6 is 0 Å². The van der Waals surface area contributed by atoms with Gasteiger partial charge in [0.1, 0.15) is 11.2 Å². The molecule has 0 spiro atoms. The number of fused-ring (bicyclic) bond motifs is 10. The first-order chi connectivity index (χ1) is 33.0. The molecule has 2 saturated heterocycles. The summed E-state index contributed by atoms with van der Waals surface area (Å²) in [6, 6.07) is 60.2. The van der Waals surface area contributed by atoms with E-state index in [-0.39, 0.29) is 5.54 Å². The van der Waals surface area contributed by atoms with E-state index < -0.39 is 0 Å². The third kappa shape index (κ3) is 6.72. The molecule has 4 heterocycles. The van der Waals surface area contributed by atoms with Crippen LogP contribution in [-0.4, -0.2) is 21.0 Å². The van der Waals surface area contributed by atoms with Crippen molar-refractivity contribution < 1.29 is 4.42 Å². The largest absolute Gasteiger partial charge is 0.456 e. The topological polar surface area (TPSA) is 63.8 Å². The van der Waals surface area contributed by atoms with Gasteiger partial charge < -0.3 is 9.73 Å². The number of nitrogens with one attached hydrogen (secondary N) is 1. The van der Waals surface area contributed by atoms with Crippen molar-refractivity contribution in [1.82, 2.24) is 20.3 Å². The Kier molecular flexibility index (Phi) is 9.09. The smallest absolute Gasteiger partial charge is 0.164 e. The number of hydrogen-bond donors (Lipinski definition) is 1. The van der Waals surface area contributed by atoms with Crippen LogP contribution in [-0.2, 0) is 11.0 Å². The Labute approximate surface area is 392 Å². The van der Waals surface area contributed by atoms with E-state index >= 15 is 0 Å². The number of hydrogen-bond acceptors (Lipinski definition) is 5. The van der Waals surface area contributed by atoms with Crippen molar-refractivity contribution in [2.45, 2.75) is 87.6 Å². The molecule has 0 radical (unpaired) electrons. The van der Waals surface area contributed by atoms with E-state index in [1.165, 1.54) is 92.5 Å². The SMILES string of the molecule is c1ccc2c(c1)oc1ccc(-c3ccc(-c4nc(-c5ccc(C67CC8C[C@H](C6)C[C@@H](C8)C7)cc5)nc(-c5ccc(C67CCCC[C@@H](C6)N7)cc5)n4)cc3)cc1c1ccccc1c1ccccc21. The Bertz CT molecular complexity index is 3410. The van der Waals surface area contributed by atoms with E-state index in [2.05, 4.69) is 163 Å². The average Bonchev–Trinajstić information content (AvgIpc) is 3.70. The minimum atomic E-state index is 0.110. The molecule has 7 aliphatic rings. The fraction of sp³-hybridized carbons (Fsp3) is 0.274. The van der Waals surface area contributed by atoms with E-state index in [1.54, 1.807) is 0 Å². The van der Waals surface area contributed by atoms with Gasteiger partial charge in [-0.15, -0.1) is 0 Å². The molecule has 5 heteroatoms. The van der Waals surface area contributed by atoms with Crippen molar-refractivity contribution in [3.63, 3.8) is 0 Å². The van der Waals surface area contributed by atoms with Gasteiger partial charge in [0.15, 0.2) is 17.5 Å². The van der Waals surface area contributed by atoms with E-state index in [0.717, 1.165) is 84.1 Å². The van der Waals surface area contributed by atoms with Crippen LogP contribution < -0.4 is 5.32 Å². The Morgan fingerprint density at radius 1 is 0.418 bits per heavy atom. The van der Waals surface area contributed by atoms with Gasteiger partial charge in [0.05, 0.1) is 0 Å². The van der Waals surface area contributed by atoms with E-state index in [4.69, 9.17) is 19.4 Å². The second-order valence-electron chi connectivity index (χ2n) is 21.0. The normalized spacial score (nSPS) is 25.0. The summed E-state index contributed by atoms with van der Waals surface area (Å²) in [5, 5.41) is 10.8. The maximum Gasteiger partial charge on any atom is 0.164 e. The molecule has 6 bridgehead atoms. The molecule has 9 aromatic rings. The Hall–Kier alpha value is -6.69. The standard InChI is InChI=1S/C62H54N4O/c1-3-12-52-50(10-1)51-11-2-4-13-53(51)55-34-46(24-29-57(55)67-56-15-6-5-14-54(52)56)42-16-18-43(19-17-42)58-63-59(44-20-25-47(26-21-44)61-35-39-31-40(36-61)33-41(32-39)37-61)65-60(64-58)45-22-27-48(28-23-45)62-30-8-7-9-49(38-62)66-62/h1-6,10-29,34,39-41,49,66H,7-9,30-33,35-38H2/t39-,40+,41?,49-,61?,62?/m0/s1. The highest BCUT2D eigenvalue weighted by atomic mass is 16.3. The van der Waals surface area contributed by atoms with Crippen molar-refractivity contribution in [2.24, 2.45) is 17.8 Å². The lowest BCUT2D eigenvalue weighted by molar-refractivity contribution is -0.00518. The van der Waals surface area contributed by atoms with Gasteiger partial charge in [0.25, 0.3) is 0 Å². The fourth-order valence-corrected chi connectivity index (χ4v) is 14.1. The monoisotopic (exact) mass is 870 g/mol. The molecular formula is C62H54N4O. The zero-order valence-corrected chi connectivity index (χ0v) is 37.9. The van der Waals surface area contributed by atoms with Crippen molar-refractivity contribution in [3.8, 4) is 45.3 Å². The van der Waals surface area contributed by atoms with E-state index in [0.29, 0.717) is 23.1 Å². The zero-order valence-electron chi connectivity index (χ0n) is 37.9. The van der Waals surface area contributed by atoms with Gasteiger partial charge in [0.2, 0.25) is 0 Å². The number of rotatable bonds is 6. The minimum absolute atomic E-state index is 0.110. The van der Waals surface area contributed by atoms with Crippen molar-refractivity contribution in [3.05, 3.63) is 175 Å². The summed E-state index contributed by atoms with van der Waals surface area (Å²) in [5.41, 5.74) is 10.3. The lowest BCUT2D eigenvalue weighted by Crippen LogP contribution is -2.59. The van der Waals surface area contributed by atoms with Gasteiger partial charge in [-0.05, 0) is 143 Å².